The molecular weight excluding hydrogens is 309 g/mol. The summed E-state index contributed by atoms with van der Waals surface area (Å²) in [6.07, 6.45) is 2.19. The Morgan fingerprint density at radius 2 is 2.21 bits per heavy atom. The maximum atomic E-state index is 13.5. The standard InChI is InChI=1S/C15H21BrFNO/c1-4-15(3)13(18-5-2)9-14(15)19-10-6-7-11(16)12(17)8-10/h6-8,13-14,18H,4-5,9H2,1-3H3. The number of hydrogen-bond donors (Lipinski definition) is 1. The quantitative estimate of drug-likeness (QED) is 0.876. The summed E-state index contributed by atoms with van der Waals surface area (Å²) in [7, 11) is 0. The van der Waals surface area contributed by atoms with Gasteiger partial charge in [0.1, 0.15) is 17.7 Å². The first kappa shape index (κ1) is 14.8. The molecule has 19 heavy (non-hydrogen) atoms. The summed E-state index contributed by atoms with van der Waals surface area (Å²) in [6, 6.07) is 5.44. The second kappa shape index (κ2) is 5.80. The molecule has 0 radical (unpaired) electrons. The first-order chi connectivity index (χ1) is 9.01. The Hall–Kier alpha value is -0.610. The highest BCUT2D eigenvalue weighted by Crippen LogP contribution is 2.46. The third kappa shape index (κ3) is 2.79. The van der Waals surface area contributed by atoms with Crippen LogP contribution in [0.15, 0.2) is 22.7 Å². The van der Waals surface area contributed by atoms with Gasteiger partial charge in [0.05, 0.1) is 4.47 Å². The van der Waals surface area contributed by atoms with E-state index in [1.807, 2.05) is 6.07 Å². The second-order valence-electron chi connectivity index (χ2n) is 5.39. The van der Waals surface area contributed by atoms with Gasteiger partial charge in [-0.05, 0) is 41.0 Å². The maximum Gasteiger partial charge on any atom is 0.141 e. The Bertz CT molecular complexity index is 454. The van der Waals surface area contributed by atoms with Crippen LogP contribution in [-0.2, 0) is 0 Å². The van der Waals surface area contributed by atoms with Crippen LogP contribution in [0.3, 0.4) is 0 Å². The van der Waals surface area contributed by atoms with Crippen molar-refractivity contribution < 1.29 is 9.13 Å². The van der Waals surface area contributed by atoms with Crippen LogP contribution in [0.1, 0.15) is 33.6 Å². The van der Waals surface area contributed by atoms with Crippen molar-refractivity contribution in [1.29, 1.82) is 0 Å². The molecule has 1 fully saturated rings. The zero-order chi connectivity index (χ0) is 14.0. The van der Waals surface area contributed by atoms with E-state index < -0.39 is 0 Å². The first-order valence-corrected chi connectivity index (χ1v) is 7.65. The predicted octanol–water partition coefficient (Wildman–Crippen LogP) is 4.13. The van der Waals surface area contributed by atoms with Crippen molar-refractivity contribution in [3.05, 3.63) is 28.5 Å². The molecule has 0 saturated heterocycles. The Labute approximate surface area is 122 Å². The summed E-state index contributed by atoms with van der Waals surface area (Å²) in [5.41, 5.74) is 0.125. The van der Waals surface area contributed by atoms with Crippen molar-refractivity contribution >= 4 is 15.9 Å². The molecule has 0 heterocycles. The molecule has 0 amide bonds. The van der Waals surface area contributed by atoms with Gasteiger partial charge in [0.25, 0.3) is 0 Å². The van der Waals surface area contributed by atoms with Gasteiger partial charge in [-0.15, -0.1) is 0 Å². The molecule has 0 aliphatic heterocycles. The van der Waals surface area contributed by atoms with Gasteiger partial charge in [-0.25, -0.2) is 4.39 Å². The van der Waals surface area contributed by atoms with Crippen molar-refractivity contribution in [2.24, 2.45) is 5.41 Å². The summed E-state index contributed by atoms with van der Waals surface area (Å²) in [5.74, 6) is 0.332. The van der Waals surface area contributed by atoms with E-state index in [1.165, 1.54) is 6.07 Å². The van der Waals surface area contributed by atoms with E-state index >= 15 is 0 Å². The van der Waals surface area contributed by atoms with Gasteiger partial charge >= 0.3 is 0 Å². The van der Waals surface area contributed by atoms with E-state index in [0.29, 0.717) is 16.3 Å². The van der Waals surface area contributed by atoms with E-state index in [4.69, 9.17) is 4.74 Å². The number of ether oxygens (including phenoxy) is 1. The third-order valence-corrected chi connectivity index (χ3v) is 5.01. The molecule has 3 atom stereocenters. The van der Waals surface area contributed by atoms with E-state index in [-0.39, 0.29) is 17.3 Å². The average molecular weight is 330 g/mol. The molecule has 4 heteroatoms. The van der Waals surface area contributed by atoms with Gasteiger partial charge in [-0.3, -0.25) is 0 Å². The van der Waals surface area contributed by atoms with Crippen molar-refractivity contribution in [3.63, 3.8) is 0 Å². The molecule has 1 aromatic rings. The Balaban J connectivity index is 2.05. The minimum absolute atomic E-state index is 0.125. The molecule has 1 saturated carbocycles. The number of benzene rings is 1. The SMILES string of the molecule is CCNC1CC(Oc2ccc(Br)c(F)c2)C1(C)CC. The van der Waals surface area contributed by atoms with Crippen LogP contribution in [0, 0.1) is 11.2 Å². The fourth-order valence-electron chi connectivity index (χ4n) is 2.75. The topological polar surface area (TPSA) is 21.3 Å². The monoisotopic (exact) mass is 329 g/mol. The molecule has 1 aliphatic rings. The predicted molar refractivity (Wildman–Crippen MR) is 79.0 cm³/mol. The lowest BCUT2D eigenvalue weighted by atomic mass is 9.61. The van der Waals surface area contributed by atoms with Crippen LogP contribution in [0.5, 0.6) is 5.75 Å². The summed E-state index contributed by atoms with van der Waals surface area (Å²) in [6.45, 7) is 7.51. The second-order valence-corrected chi connectivity index (χ2v) is 6.24. The Kier molecular flexibility index (Phi) is 4.51. The number of rotatable bonds is 5. The Morgan fingerprint density at radius 1 is 1.47 bits per heavy atom. The van der Waals surface area contributed by atoms with Crippen LogP contribution < -0.4 is 10.1 Å². The number of hydrogen-bond acceptors (Lipinski definition) is 2. The lowest BCUT2D eigenvalue weighted by molar-refractivity contribution is -0.0698. The van der Waals surface area contributed by atoms with Gasteiger partial charge in [0, 0.05) is 23.9 Å². The van der Waals surface area contributed by atoms with E-state index in [0.717, 1.165) is 19.4 Å². The molecule has 106 valence electrons. The lowest BCUT2D eigenvalue weighted by Gasteiger charge is -2.53. The van der Waals surface area contributed by atoms with Crippen LogP contribution >= 0.6 is 15.9 Å². The number of nitrogens with one attached hydrogen (secondary N) is 1. The molecule has 2 rings (SSSR count). The minimum Gasteiger partial charge on any atom is -0.490 e. The summed E-state index contributed by atoms with van der Waals surface area (Å²) in [4.78, 5) is 0. The molecule has 0 bridgehead atoms. The number of halogens is 2. The van der Waals surface area contributed by atoms with Gasteiger partial charge < -0.3 is 10.1 Å². The van der Waals surface area contributed by atoms with E-state index in [2.05, 4.69) is 42.0 Å². The minimum atomic E-state index is -0.279. The van der Waals surface area contributed by atoms with Crippen LogP contribution in [0.2, 0.25) is 0 Å². The average Bonchev–Trinajstić information content (AvgIpc) is 2.40. The zero-order valence-corrected chi connectivity index (χ0v) is 13.3. The van der Waals surface area contributed by atoms with Gasteiger partial charge in [-0.1, -0.05) is 20.8 Å². The van der Waals surface area contributed by atoms with Crippen molar-refractivity contribution in [1.82, 2.24) is 5.32 Å². The first-order valence-electron chi connectivity index (χ1n) is 6.86. The van der Waals surface area contributed by atoms with E-state index in [9.17, 15) is 4.39 Å². The van der Waals surface area contributed by atoms with Crippen molar-refractivity contribution in [3.8, 4) is 5.75 Å². The zero-order valence-electron chi connectivity index (χ0n) is 11.7. The van der Waals surface area contributed by atoms with Crippen molar-refractivity contribution in [2.45, 2.75) is 45.8 Å². The maximum absolute atomic E-state index is 13.5. The van der Waals surface area contributed by atoms with Crippen LogP contribution in [0.25, 0.3) is 0 Å². The highest BCUT2D eigenvalue weighted by Gasteiger charge is 2.51. The molecule has 0 aromatic heterocycles. The fraction of sp³-hybridized carbons (Fsp3) is 0.600. The molecule has 2 nitrogen and oxygen atoms in total. The molecular formula is C15H21BrFNO. The molecule has 0 spiro atoms. The van der Waals surface area contributed by atoms with Gasteiger partial charge in [0.2, 0.25) is 0 Å². The molecule has 1 N–H and O–H groups in total. The summed E-state index contributed by atoms with van der Waals surface area (Å²) in [5, 5.41) is 3.50. The summed E-state index contributed by atoms with van der Waals surface area (Å²) >= 11 is 3.15. The lowest BCUT2D eigenvalue weighted by Crippen LogP contribution is -2.63. The van der Waals surface area contributed by atoms with Crippen LogP contribution in [-0.4, -0.2) is 18.7 Å². The molecule has 1 aliphatic carbocycles. The fourth-order valence-corrected chi connectivity index (χ4v) is 3.00. The highest BCUT2D eigenvalue weighted by molar-refractivity contribution is 9.10. The smallest absolute Gasteiger partial charge is 0.141 e. The third-order valence-electron chi connectivity index (χ3n) is 4.36. The summed E-state index contributed by atoms with van der Waals surface area (Å²) < 4.78 is 19.9. The van der Waals surface area contributed by atoms with Crippen molar-refractivity contribution in [2.75, 3.05) is 6.54 Å². The van der Waals surface area contributed by atoms with Gasteiger partial charge in [0.15, 0.2) is 0 Å². The normalized spacial score (nSPS) is 29.9. The van der Waals surface area contributed by atoms with E-state index in [1.54, 1.807) is 6.07 Å². The van der Waals surface area contributed by atoms with Crippen LogP contribution in [0.4, 0.5) is 4.39 Å². The molecule has 3 unspecified atom stereocenters. The molecule has 1 aromatic carbocycles. The Morgan fingerprint density at radius 3 is 2.79 bits per heavy atom. The highest BCUT2D eigenvalue weighted by atomic mass is 79.9. The largest absolute Gasteiger partial charge is 0.490 e. The van der Waals surface area contributed by atoms with Gasteiger partial charge in [-0.2, -0.15) is 0 Å².